The van der Waals surface area contributed by atoms with Crippen LogP contribution < -0.4 is 5.32 Å². The highest BCUT2D eigenvalue weighted by Gasteiger charge is 2.31. The van der Waals surface area contributed by atoms with E-state index in [9.17, 15) is 24.3 Å². The number of alkyl carbamates (subject to hydrolysis) is 1. The van der Waals surface area contributed by atoms with Gasteiger partial charge in [-0.2, -0.15) is 0 Å². The number of amides is 1. The van der Waals surface area contributed by atoms with Gasteiger partial charge in [0.25, 0.3) is 5.69 Å². The van der Waals surface area contributed by atoms with E-state index < -0.39 is 31.3 Å². The van der Waals surface area contributed by atoms with Crippen molar-refractivity contribution in [3.05, 3.63) is 135 Å². The molecule has 0 aliphatic heterocycles. The molecule has 0 fully saturated rings. The third kappa shape index (κ3) is 8.36. The molecular weight excluding hydrogens is 599 g/mol. The molecule has 12 heteroatoms. The van der Waals surface area contributed by atoms with Gasteiger partial charge in [-0.1, -0.05) is 78.9 Å². The summed E-state index contributed by atoms with van der Waals surface area (Å²) in [5.74, 6) is -0.870. The van der Waals surface area contributed by atoms with Gasteiger partial charge in [0.1, 0.15) is 32.5 Å². The van der Waals surface area contributed by atoms with Gasteiger partial charge < -0.3 is 14.8 Å². The van der Waals surface area contributed by atoms with E-state index in [2.05, 4.69) is 5.32 Å². The number of carbonyl (C=O) groups is 2. The predicted octanol–water partition coefficient (Wildman–Crippen LogP) is 6.83. The Morgan fingerprint density at radius 1 is 0.778 bits per heavy atom. The Balaban J connectivity index is 1.16. The number of nitro groups is 1. The molecule has 4 aromatic carbocycles. The average molecular weight is 630 g/mol. The van der Waals surface area contributed by atoms with Crippen LogP contribution in [0.2, 0.25) is 0 Å². The van der Waals surface area contributed by atoms with Gasteiger partial charge in [0.15, 0.2) is 0 Å². The predicted molar refractivity (Wildman–Crippen MR) is 164 cm³/mol. The summed E-state index contributed by atoms with van der Waals surface area (Å²) in [4.78, 5) is 36.2. The molecule has 0 saturated heterocycles. The van der Waals surface area contributed by atoms with Gasteiger partial charge in [-0.15, -0.1) is 9.05 Å². The van der Waals surface area contributed by atoms with Crippen molar-refractivity contribution in [2.45, 2.75) is 31.6 Å². The lowest BCUT2D eigenvalue weighted by atomic mass is 9.98. The SMILES string of the molecule is O=C(NC(CCO[P+](=O)OCc1ccc([N+](=O)[O-])cc1)C(=O)OCc1ccccc1)OCC1c2ccccc2-c2ccccc21. The molecule has 2 unspecified atom stereocenters. The van der Waals surface area contributed by atoms with Crippen LogP contribution >= 0.6 is 8.25 Å². The van der Waals surface area contributed by atoms with E-state index in [1.54, 1.807) is 12.1 Å². The van der Waals surface area contributed by atoms with Gasteiger partial charge in [0.2, 0.25) is 0 Å². The van der Waals surface area contributed by atoms with Crippen LogP contribution in [0.15, 0.2) is 103 Å². The Kier molecular flexibility index (Phi) is 10.6. The molecule has 4 aromatic rings. The summed E-state index contributed by atoms with van der Waals surface area (Å²) >= 11 is 0. The summed E-state index contributed by atoms with van der Waals surface area (Å²) in [6, 6.07) is 29.4. The van der Waals surface area contributed by atoms with Crippen LogP contribution in [0, 0.1) is 10.1 Å². The third-order valence-corrected chi connectivity index (χ3v) is 7.96. The van der Waals surface area contributed by atoms with Crippen molar-refractivity contribution in [2.75, 3.05) is 13.2 Å². The van der Waals surface area contributed by atoms with Gasteiger partial charge in [-0.25, -0.2) is 9.59 Å². The van der Waals surface area contributed by atoms with Crippen LogP contribution in [0.3, 0.4) is 0 Å². The summed E-state index contributed by atoms with van der Waals surface area (Å²) in [6.45, 7) is -0.252. The van der Waals surface area contributed by atoms with E-state index >= 15 is 0 Å². The van der Waals surface area contributed by atoms with Gasteiger partial charge in [-0.3, -0.25) is 10.1 Å². The molecular formula is C33H30N2O9P+. The number of ether oxygens (including phenoxy) is 2. The highest BCUT2D eigenvalue weighted by Crippen LogP contribution is 2.44. The molecule has 1 aliphatic carbocycles. The number of carbonyl (C=O) groups excluding carboxylic acids is 2. The number of non-ortho nitro benzene ring substituents is 1. The summed E-state index contributed by atoms with van der Waals surface area (Å²) in [6.07, 6.45) is -0.878. The van der Waals surface area contributed by atoms with E-state index in [-0.39, 0.29) is 44.5 Å². The maximum absolute atomic E-state index is 13.0. The number of nitrogens with zero attached hydrogens (tertiary/aromatic N) is 1. The monoisotopic (exact) mass is 629 g/mol. The number of rotatable bonds is 14. The normalized spacial score (nSPS) is 12.8. The minimum Gasteiger partial charge on any atom is -0.459 e. The van der Waals surface area contributed by atoms with E-state index in [1.165, 1.54) is 24.3 Å². The molecule has 0 saturated carbocycles. The topological polar surface area (TPSA) is 143 Å². The van der Waals surface area contributed by atoms with Gasteiger partial charge in [-0.05, 0) is 45.5 Å². The molecule has 1 N–H and O–H groups in total. The van der Waals surface area contributed by atoms with E-state index in [4.69, 9.17) is 18.5 Å². The van der Waals surface area contributed by atoms with Crippen molar-refractivity contribution in [2.24, 2.45) is 0 Å². The van der Waals surface area contributed by atoms with Crippen LogP contribution in [-0.2, 0) is 41.1 Å². The molecule has 0 spiro atoms. The smallest absolute Gasteiger partial charge is 0.459 e. The zero-order valence-electron chi connectivity index (χ0n) is 24.1. The molecule has 0 aromatic heterocycles. The molecule has 230 valence electrons. The first-order valence-corrected chi connectivity index (χ1v) is 15.3. The molecule has 1 amide bonds. The minimum atomic E-state index is -2.58. The molecule has 11 nitrogen and oxygen atoms in total. The van der Waals surface area contributed by atoms with Crippen molar-refractivity contribution < 1.29 is 37.6 Å². The zero-order valence-corrected chi connectivity index (χ0v) is 25.0. The Morgan fingerprint density at radius 2 is 1.38 bits per heavy atom. The summed E-state index contributed by atoms with van der Waals surface area (Å²) < 4.78 is 33.8. The first-order valence-electron chi connectivity index (χ1n) is 14.2. The zero-order chi connectivity index (χ0) is 31.6. The van der Waals surface area contributed by atoms with Crippen LogP contribution in [0.1, 0.15) is 34.6 Å². The van der Waals surface area contributed by atoms with E-state index in [0.717, 1.165) is 27.8 Å². The minimum absolute atomic E-state index is 0.00396. The highest BCUT2D eigenvalue weighted by atomic mass is 31.1. The Labute approximate surface area is 260 Å². The summed E-state index contributed by atoms with van der Waals surface area (Å²) in [7, 11) is -2.58. The van der Waals surface area contributed by atoms with Crippen LogP contribution in [-0.4, -0.2) is 36.2 Å². The second-order valence-corrected chi connectivity index (χ2v) is 11.1. The lowest BCUT2D eigenvalue weighted by Gasteiger charge is -2.18. The Bertz CT molecular complexity index is 1620. The lowest BCUT2D eigenvalue weighted by molar-refractivity contribution is -0.384. The molecule has 45 heavy (non-hydrogen) atoms. The largest absolute Gasteiger partial charge is 0.697 e. The second kappa shape index (κ2) is 15.2. The van der Waals surface area contributed by atoms with E-state index in [1.807, 2.05) is 66.7 Å². The molecule has 1 aliphatic rings. The molecule has 5 rings (SSSR count). The number of hydrogen-bond donors (Lipinski definition) is 1. The van der Waals surface area contributed by atoms with Crippen LogP contribution in [0.5, 0.6) is 0 Å². The number of nitro benzene ring substituents is 1. The fourth-order valence-corrected chi connectivity index (χ4v) is 5.57. The maximum Gasteiger partial charge on any atom is 0.697 e. The standard InChI is InChI=1S/C33H29N2O9P/c36-32(41-20-23-8-2-1-3-9-23)31(18-19-43-45(40)44-21-24-14-16-25(17-15-24)35(38)39)34-33(37)42-22-30-28-12-6-4-10-26(28)27-11-5-7-13-29(27)30/h1-17,30-31H,18-22H2/p+1. The first-order chi connectivity index (χ1) is 21.9. The number of benzene rings is 4. The Hall–Kier alpha value is -4.96. The van der Waals surface area contributed by atoms with Crippen molar-refractivity contribution in [1.29, 1.82) is 0 Å². The quantitative estimate of drug-likeness (QED) is 0.0687. The Morgan fingerprint density at radius 3 is 2.02 bits per heavy atom. The summed E-state index contributed by atoms with van der Waals surface area (Å²) in [5, 5.41) is 13.4. The highest BCUT2D eigenvalue weighted by molar-refractivity contribution is 7.33. The fraction of sp³-hybridized carbons (Fsp3) is 0.212. The summed E-state index contributed by atoms with van der Waals surface area (Å²) in [5.41, 5.74) is 5.54. The van der Waals surface area contributed by atoms with Crippen molar-refractivity contribution in [3.63, 3.8) is 0 Å². The number of nitrogens with one attached hydrogen (secondary N) is 1. The third-order valence-electron chi connectivity index (χ3n) is 7.23. The fourth-order valence-electron chi connectivity index (χ4n) is 4.98. The average Bonchev–Trinajstić information content (AvgIpc) is 3.39. The lowest BCUT2D eigenvalue weighted by Crippen LogP contribution is -2.43. The molecule has 2 atom stereocenters. The van der Waals surface area contributed by atoms with Crippen molar-refractivity contribution >= 4 is 26.0 Å². The van der Waals surface area contributed by atoms with Gasteiger partial charge in [0.05, 0.1) is 4.92 Å². The van der Waals surface area contributed by atoms with Crippen LogP contribution in [0.4, 0.5) is 10.5 Å². The molecule has 0 bridgehead atoms. The first kappa shape index (κ1) is 31.5. The van der Waals surface area contributed by atoms with Gasteiger partial charge >= 0.3 is 20.3 Å². The number of fused-ring (bicyclic) bond motifs is 3. The number of hydrogen-bond acceptors (Lipinski definition) is 9. The van der Waals surface area contributed by atoms with Crippen molar-refractivity contribution in [1.82, 2.24) is 5.32 Å². The number of esters is 1. The van der Waals surface area contributed by atoms with E-state index in [0.29, 0.717) is 5.56 Å². The molecule has 0 heterocycles. The second-order valence-electron chi connectivity index (χ2n) is 10.2. The molecule has 0 radical (unpaired) electrons. The van der Waals surface area contributed by atoms with Crippen molar-refractivity contribution in [3.8, 4) is 11.1 Å². The van der Waals surface area contributed by atoms with Crippen LogP contribution in [0.25, 0.3) is 11.1 Å². The maximum atomic E-state index is 13.0. The van der Waals surface area contributed by atoms with Gasteiger partial charge in [0, 0.05) is 29.0 Å².